The Hall–Kier alpha value is -2.73. The molecule has 7 heteroatoms. The van der Waals surface area contributed by atoms with Crippen LogP contribution in [0.3, 0.4) is 0 Å². The maximum Gasteiger partial charge on any atom is 0.255 e. The molecular weight excluding hydrogens is 368 g/mol. The molecule has 0 radical (unpaired) electrons. The van der Waals surface area contributed by atoms with Crippen molar-refractivity contribution in [3.63, 3.8) is 0 Å². The van der Waals surface area contributed by atoms with E-state index in [0.29, 0.717) is 39.9 Å². The van der Waals surface area contributed by atoms with Gasteiger partial charge in [-0.1, -0.05) is 24.9 Å². The summed E-state index contributed by atoms with van der Waals surface area (Å²) in [4.78, 5) is 24.3. The van der Waals surface area contributed by atoms with E-state index in [1.54, 1.807) is 30.3 Å². The molecule has 0 heterocycles. The van der Waals surface area contributed by atoms with E-state index in [1.807, 2.05) is 6.92 Å². The number of ether oxygens (including phenoxy) is 2. The molecular formula is C20H23ClN2O4. The first-order valence-corrected chi connectivity index (χ1v) is 8.99. The third-order valence-corrected chi connectivity index (χ3v) is 4.20. The standard InChI is InChI=1S/C20H23ClN2O4/c1-4-5-6-19(24)23-16-9-8-14(12-18(16)27-3)22-20(25)13-7-10-17(26-2)15(21)11-13/h7-12H,4-6H2,1-3H3,(H,22,25)(H,23,24). The van der Waals surface area contributed by atoms with Crippen molar-refractivity contribution in [3.05, 3.63) is 47.0 Å². The van der Waals surface area contributed by atoms with Crippen molar-refractivity contribution in [3.8, 4) is 11.5 Å². The second kappa shape index (κ2) is 9.83. The summed E-state index contributed by atoms with van der Waals surface area (Å²) in [6, 6.07) is 9.83. The molecule has 0 aliphatic carbocycles. The van der Waals surface area contributed by atoms with Crippen molar-refractivity contribution in [1.29, 1.82) is 0 Å². The van der Waals surface area contributed by atoms with E-state index in [1.165, 1.54) is 20.3 Å². The third kappa shape index (κ3) is 5.62. The van der Waals surface area contributed by atoms with Gasteiger partial charge >= 0.3 is 0 Å². The number of halogens is 1. The van der Waals surface area contributed by atoms with E-state index in [2.05, 4.69) is 10.6 Å². The van der Waals surface area contributed by atoms with Gasteiger partial charge in [-0.25, -0.2) is 0 Å². The van der Waals surface area contributed by atoms with E-state index in [0.717, 1.165) is 12.8 Å². The highest BCUT2D eigenvalue weighted by Crippen LogP contribution is 2.29. The highest BCUT2D eigenvalue weighted by Gasteiger charge is 2.12. The van der Waals surface area contributed by atoms with Gasteiger partial charge in [-0.3, -0.25) is 9.59 Å². The monoisotopic (exact) mass is 390 g/mol. The molecule has 0 atom stereocenters. The van der Waals surface area contributed by atoms with Crippen molar-refractivity contribution >= 4 is 34.8 Å². The first kappa shape index (κ1) is 20.6. The first-order valence-electron chi connectivity index (χ1n) is 8.61. The van der Waals surface area contributed by atoms with E-state index in [9.17, 15) is 9.59 Å². The summed E-state index contributed by atoms with van der Waals surface area (Å²) in [7, 11) is 3.02. The van der Waals surface area contributed by atoms with Crippen molar-refractivity contribution in [2.45, 2.75) is 26.2 Å². The van der Waals surface area contributed by atoms with Crippen LogP contribution in [0.25, 0.3) is 0 Å². The van der Waals surface area contributed by atoms with Gasteiger partial charge in [-0.2, -0.15) is 0 Å². The molecule has 2 aromatic rings. The van der Waals surface area contributed by atoms with Crippen LogP contribution in [0.5, 0.6) is 11.5 Å². The van der Waals surface area contributed by atoms with Gasteiger partial charge < -0.3 is 20.1 Å². The van der Waals surface area contributed by atoms with E-state index >= 15 is 0 Å². The average molecular weight is 391 g/mol. The Morgan fingerprint density at radius 2 is 1.74 bits per heavy atom. The van der Waals surface area contributed by atoms with E-state index < -0.39 is 0 Å². The third-order valence-electron chi connectivity index (χ3n) is 3.90. The number of hydrogen-bond donors (Lipinski definition) is 2. The summed E-state index contributed by atoms with van der Waals surface area (Å²) in [5.41, 5.74) is 1.50. The second-order valence-electron chi connectivity index (χ2n) is 5.87. The lowest BCUT2D eigenvalue weighted by molar-refractivity contribution is -0.116. The molecule has 0 bridgehead atoms. The molecule has 0 aromatic heterocycles. The quantitative estimate of drug-likeness (QED) is 0.682. The molecule has 0 saturated carbocycles. The van der Waals surface area contributed by atoms with Gasteiger partial charge in [-0.15, -0.1) is 0 Å². The number of amides is 2. The minimum absolute atomic E-state index is 0.0696. The Balaban J connectivity index is 2.11. The minimum atomic E-state index is -0.318. The number of hydrogen-bond acceptors (Lipinski definition) is 4. The van der Waals surface area contributed by atoms with Gasteiger partial charge in [0.2, 0.25) is 5.91 Å². The number of nitrogens with one attached hydrogen (secondary N) is 2. The molecule has 0 saturated heterocycles. The lowest BCUT2D eigenvalue weighted by Crippen LogP contribution is -2.14. The van der Waals surface area contributed by atoms with Crippen LogP contribution in [-0.2, 0) is 4.79 Å². The second-order valence-corrected chi connectivity index (χ2v) is 6.28. The zero-order chi connectivity index (χ0) is 19.8. The molecule has 144 valence electrons. The van der Waals surface area contributed by atoms with Crippen LogP contribution in [0, 0.1) is 0 Å². The molecule has 2 amide bonds. The summed E-state index contributed by atoms with van der Waals surface area (Å²) >= 11 is 6.06. The van der Waals surface area contributed by atoms with Crippen molar-refractivity contribution in [1.82, 2.24) is 0 Å². The van der Waals surface area contributed by atoms with E-state index in [4.69, 9.17) is 21.1 Å². The summed E-state index contributed by atoms with van der Waals surface area (Å²) in [5, 5.41) is 5.96. The molecule has 0 aliphatic heterocycles. The minimum Gasteiger partial charge on any atom is -0.495 e. The summed E-state index contributed by atoms with van der Waals surface area (Å²) in [5.74, 6) is 0.574. The Bertz CT molecular complexity index is 824. The van der Waals surface area contributed by atoms with Crippen LogP contribution in [0.4, 0.5) is 11.4 Å². The smallest absolute Gasteiger partial charge is 0.255 e. The van der Waals surface area contributed by atoms with Gasteiger partial charge in [-0.05, 0) is 36.8 Å². The molecule has 2 rings (SSSR count). The van der Waals surface area contributed by atoms with Gasteiger partial charge in [0.25, 0.3) is 5.91 Å². The number of benzene rings is 2. The molecule has 0 unspecified atom stereocenters. The molecule has 27 heavy (non-hydrogen) atoms. The van der Waals surface area contributed by atoms with E-state index in [-0.39, 0.29) is 11.8 Å². The topological polar surface area (TPSA) is 76.7 Å². The highest BCUT2D eigenvalue weighted by molar-refractivity contribution is 6.32. The number of carbonyl (C=O) groups is 2. The number of methoxy groups -OCH3 is 2. The summed E-state index contributed by atoms with van der Waals surface area (Å²) in [6.45, 7) is 2.03. The number of carbonyl (C=O) groups excluding carboxylic acids is 2. The molecule has 0 aliphatic rings. The van der Waals surface area contributed by atoms with Crippen LogP contribution >= 0.6 is 11.6 Å². The lowest BCUT2D eigenvalue weighted by atomic mass is 10.2. The van der Waals surface area contributed by atoms with Gasteiger partial charge in [0.15, 0.2) is 0 Å². The zero-order valence-corrected chi connectivity index (χ0v) is 16.4. The fraction of sp³-hybridized carbons (Fsp3) is 0.300. The SMILES string of the molecule is CCCCC(=O)Nc1ccc(NC(=O)c2ccc(OC)c(Cl)c2)cc1OC. The Labute approximate surface area is 163 Å². The Kier molecular flexibility index (Phi) is 7.49. The summed E-state index contributed by atoms with van der Waals surface area (Å²) in [6.07, 6.45) is 2.23. The van der Waals surface area contributed by atoms with Crippen LogP contribution in [0.2, 0.25) is 5.02 Å². The molecule has 6 nitrogen and oxygen atoms in total. The molecule has 2 aromatic carbocycles. The molecule has 0 fully saturated rings. The first-order chi connectivity index (χ1) is 13.0. The van der Waals surface area contributed by atoms with Crippen LogP contribution in [0.1, 0.15) is 36.5 Å². The number of unbranched alkanes of at least 4 members (excludes halogenated alkanes) is 1. The highest BCUT2D eigenvalue weighted by atomic mass is 35.5. The predicted molar refractivity (Wildman–Crippen MR) is 107 cm³/mol. The van der Waals surface area contributed by atoms with Gasteiger partial charge in [0.05, 0.1) is 24.9 Å². The number of anilines is 2. The van der Waals surface area contributed by atoms with Crippen LogP contribution in [0.15, 0.2) is 36.4 Å². The van der Waals surface area contributed by atoms with Crippen LogP contribution < -0.4 is 20.1 Å². The average Bonchev–Trinajstić information content (AvgIpc) is 2.67. The molecule has 0 spiro atoms. The maximum absolute atomic E-state index is 12.4. The summed E-state index contributed by atoms with van der Waals surface area (Å²) < 4.78 is 10.4. The lowest BCUT2D eigenvalue weighted by Gasteiger charge is -2.13. The predicted octanol–water partition coefficient (Wildman–Crippen LogP) is 4.74. The van der Waals surface area contributed by atoms with Gasteiger partial charge in [0.1, 0.15) is 11.5 Å². The zero-order valence-electron chi connectivity index (χ0n) is 15.6. The van der Waals surface area contributed by atoms with Crippen LogP contribution in [-0.4, -0.2) is 26.0 Å². The normalized spacial score (nSPS) is 10.2. The Morgan fingerprint density at radius 1 is 1.00 bits per heavy atom. The fourth-order valence-corrected chi connectivity index (χ4v) is 2.69. The molecule has 2 N–H and O–H groups in total. The Morgan fingerprint density at radius 3 is 2.37 bits per heavy atom. The van der Waals surface area contributed by atoms with Crippen molar-refractivity contribution in [2.24, 2.45) is 0 Å². The van der Waals surface area contributed by atoms with Gasteiger partial charge in [0, 0.05) is 23.7 Å². The number of rotatable bonds is 8. The van der Waals surface area contributed by atoms with Crippen molar-refractivity contribution in [2.75, 3.05) is 24.9 Å². The van der Waals surface area contributed by atoms with Crippen molar-refractivity contribution < 1.29 is 19.1 Å². The fourth-order valence-electron chi connectivity index (χ4n) is 2.43. The maximum atomic E-state index is 12.4. The largest absolute Gasteiger partial charge is 0.495 e.